The first-order chi connectivity index (χ1) is 6.16. The molecule has 0 atom stereocenters. The Hall–Kier alpha value is -1.41. The first-order valence-corrected chi connectivity index (χ1v) is 4.16. The highest BCUT2D eigenvalue weighted by Gasteiger charge is 1.99. The lowest BCUT2D eigenvalue weighted by atomic mass is 10.1. The van der Waals surface area contributed by atoms with E-state index in [0.29, 0.717) is 5.92 Å². The SMILES string of the molecule is CC(C)CC=CCOC(=O)C=[N+]=[N-]. The lowest BCUT2D eigenvalue weighted by Gasteiger charge is -1.96. The van der Waals surface area contributed by atoms with Gasteiger partial charge < -0.3 is 10.3 Å². The topological polar surface area (TPSA) is 62.7 Å². The molecule has 4 nitrogen and oxygen atoms in total. The molecule has 0 aromatic rings. The van der Waals surface area contributed by atoms with Crippen LogP contribution in [0.5, 0.6) is 0 Å². The van der Waals surface area contributed by atoms with Gasteiger partial charge >= 0.3 is 12.2 Å². The van der Waals surface area contributed by atoms with E-state index in [2.05, 4.69) is 23.4 Å². The fourth-order valence-electron chi connectivity index (χ4n) is 0.651. The second-order valence-electron chi connectivity index (χ2n) is 2.98. The van der Waals surface area contributed by atoms with E-state index in [0.717, 1.165) is 12.6 Å². The van der Waals surface area contributed by atoms with Crippen LogP contribution < -0.4 is 0 Å². The number of carbonyl (C=O) groups is 1. The van der Waals surface area contributed by atoms with Crippen molar-refractivity contribution in [2.24, 2.45) is 5.92 Å². The number of carbonyl (C=O) groups excluding carboxylic acids is 1. The Bertz CT molecular complexity index is 228. The van der Waals surface area contributed by atoms with Gasteiger partial charge in [0.05, 0.1) is 0 Å². The summed E-state index contributed by atoms with van der Waals surface area (Å²) in [4.78, 5) is 13.1. The Labute approximate surface area is 77.8 Å². The molecular weight excluding hydrogens is 168 g/mol. The van der Waals surface area contributed by atoms with Gasteiger partial charge in [-0.15, -0.1) is 0 Å². The lowest BCUT2D eigenvalue weighted by molar-refractivity contribution is -0.137. The molecule has 0 aliphatic heterocycles. The van der Waals surface area contributed by atoms with Gasteiger partial charge in [0.2, 0.25) is 0 Å². The molecule has 0 saturated heterocycles. The molecule has 72 valence electrons. The minimum atomic E-state index is -0.642. The van der Waals surface area contributed by atoms with E-state index < -0.39 is 5.97 Å². The van der Waals surface area contributed by atoms with Gasteiger partial charge in [0, 0.05) is 0 Å². The van der Waals surface area contributed by atoms with E-state index in [1.807, 2.05) is 6.08 Å². The molecule has 0 amide bonds. The van der Waals surface area contributed by atoms with E-state index in [9.17, 15) is 4.79 Å². The van der Waals surface area contributed by atoms with E-state index in [-0.39, 0.29) is 6.61 Å². The van der Waals surface area contributed by atoms with Crippen molar-refractivity contribution in [2.75, 3.05) is 6.61 Å². The third kappa shape index (κ3) is 8.50. The van der Waals surface area contributed by atoms with E-state index >= 15 is 0 Å². The first-order valence-electron chi connectivity index (χ1n) is 4.16. The minimum Gasteiger partial charge on any atom is -0.453 e. The van der Waals surface area contributed by atoms with Gasteiger partial charge in [-0.1, -0.05) is 26.0 Å². The summed E-state index contributed by atoms with van der Waals surface area (Å²) in [5, 5.41) is 0. The zero-order chi connectivity index (χ0) is 10.1. The average Bonchev–Trinajstić information content (AvgIpc) is 2.03. The fourth-order valence-corrected chi connectivity index (χ4v) is 0.651. The first kappa shape index (κ1) is 11.6. The van der Waals surface area contributed by atoms with Crippen LogP contribution in [0.2, 0.25) is 0 Å². The number of rotatable bonds is 5. The number of nitrogens with zero attached hydrogens (tertiary/aromatic N) is 2. The van der Waals surface area contributed by atoms with Crippen LogP contribution in [0.4, 0.5) is 0 Å². The molecule has 13 heavy (non-hydrogen) atoms. The van der Waals surface area contributed by atoms with Crippen LogP contribution in [-0.4, -0.2) is 23.6 Å². The highest BCUT2D eigenvalue weighted by Crippen LogP contribution is 1.99. The van der Waals surface area contributed by atoms with Crippen LogP contribution in [0.15, 0.2) is 12.2 Å². The molecule has 0 bridgehead atoms. The van der Waals surface area contributed by atoms with Crippen molar-refractivity contribution >= 4 is 12.2 Å². The van der Waals surface area contributed by atoms with Gasteiger partial charge in [-0.2, -0.15) is 4.79 Å². The molecule has 0 aliphatic rings. The molecule has 0 N–H and O–H groups in total. The Morgan fingerprint density at radius 3 is 2.77 bits per heavy atom. The van der Waals surface area contributed by atoms with Crippen molar-refractivity contribution < 1.29 is 14.3 Å². The van der Waals surface area contributed by atoms with Gasteiger partial charge in [0.1, 0.15) is 6.61 Å². The molecule has 0 aromatic heterocycles. The number of hydrogen-bond acceptors (Lipinski definition) is 2. The third-order valence-electron chi connectivity index (χ3n) is 1.26. The van der Waals surface area contributed by atoms with Crippen molar-refractivity contribution in [1.82, 2.24) is 0 Å². The monoisotopic (exact) mass is 182 g/mol. The van der Waals surface area contributed by atoms with Crippen molar-refractivity contribution in [2.45, 2.75) is 20.3 Å². The highest BCUT2D eigenvalue weighted by molar-refractivity contribution is 6.20. The Morgan fingerprint density at radius 1 is 1.54 bits per heavy atom. The maximum Gasteiger partial charge on any atom is 0.413 e. The van der Waals surface area contributed by atoms with Crippen LogP contribution >= 0.6 is 0 Å². The summed E-state index contributed by atoms with van der Waals surface area (Å²) in [5.74, 6) is -0.0392. The van der Waals surface area contributed by atoms with Crippen LogP contribution in [0.3, 0.4) is 0 Å². The minimum absolute atomic E-state index is 0.220. The largest absolute Gasteiger partial charge is 0.453 e. The summed E-state index contributed by atoms with van der Waals surface area (Å²) in [6, 6.07) is 0. The molecule has 0 aromatic carbocycles. The zero-order valence-corrected chi connectivity index (χ0v) is 7.93. The molecule has 0 rings (SSSR count). The molecule has 0 aliphatic carbocycles. The fraction of sp³-hybridized carbons (Fsp3) is 0.556. The van der Waals surface area contributed by atoms with E-state index in [1.165, 1.54) is 0 Å². The normalized spacial score (nSPS) is 10.1. The van der Waals surface area contributed by atoms with Crippen molar-refractivity contribution in [1.29, 1.82) is 0 Å². The molecule has 0 heterocycles. The molecule has 0 unspecified atom stereocenters. The van der Waals surface area contributed by atoms with Crippen LogP contribution in [0, 0.1) is 5.92 Å². The van der Waals surface area contributed by atoms with Gasteiger partial charge in [0.15, 0.2) is 0 Å². The number of ether oxygens (including phenoxy) is 1. The Kier molecular flexibility index (Phi) is 6.46. The number of esters is 1. The summed E-state index contributed by atoms with van der Waals surface area (Å²) >= 11 is 0. The average molecular weight is 182 g/mol. The zero-order valence-electron chi connectivity index (χ0n) is 7.93. The second-order valence-corrected chi connectivity index (χ2v) is 2.98. The maximum atomic E-state index is 10.6. The predicted octanol–water partition coefficient (Wildman–Crippen LogP) is 1.43. The van der Waals surface area contributed by atoms with E-state index in [4.69, 9.17) is 5.53 Å². The molecular formula is C9H14N2O2. The predicted molar refractivity (Wildman–Crippen MR) is 49.2 cm³/mol. The lowest BCUT2D eigenvalue weighted by Crippen LogP contribution is -2.05. The van der Waals surface area contributed by atoms with Crippen molar-refractivity contribution in [3.05, 3.63) is 17.7 Å². The third-order valence-corrected chi connectivity index (χ3v) is 1.26. The molecule has 0 radical (unpaired) electrons. The Balaban J connectivity index is 3.50. The summed E-state index contributed by atoms with van der Waals surface area (Å²) in [7, 11) is 0. The standard InChI is InChI=1S/C9H14N2O2/c1-8(2)5-3-4-6-13-9(12)7-11-10/h3-4,7-8H,5-6H2,1-2H3. The number of hydrogen-bond donors (Lipinski definition) is 0. The maximum absolute atomic E-state index is 10.6. The highest BCUT2D eigenvalue weighted by atomic mass is 16.5. The smallest absolute Gasteiger partial charge is 0.413 e. The number of allylic oxidation sites excluding steroid dienone is 1. The molecule has 0 saturated carbocycles. The van der Waals surface area contributed by atoms with Crippen LogP contribution in [0.1, 0.15) is 20.3 Å². The quantitative estimate of drug-likeness (QED) is 0.212. The summed E-state index contributed by atoms with van der Waals surface area (Å²) < 4.78 is 4.63. The van der Waals surface area contributed by atoms with Gasteiger partial charge in [-0.05, 0) is 12.3 Å². The summed E-state index contributed by atoms with van der Waals surface area (Å²) in [5.41, 5.74) is 7.96. The van der Waals surface area contributed by atoms with Crippen molar-refractivity contribution in [3.8, 4) is 0 Å². The molecule has 0 spiro atoms. The summed E-state index contributed by atoms with van der Waals surface area (Å²) in [6.07, 6.45) is 5.40. The van der Waals surface area contributed by atoms with Gasteiger partial charge in [-0.3, -0.25) is 0 Å². The van der Waals surface area contributed by atoms with Gasteiger partial charge in [0.25, 0.3) is 0 Å². The Morgan fingerprint density at radius 2 is 2.23 bits per heavy atom. The van der Waals surface area contributed by atoms with Crippen LogP contribution in [-0.2, 0) is 9.53 Å². The van der Waals surface area contributed by atoms with E-state index in [1.54, 1.807) is 6.08 Å². The molecule has 4 heteroatoms. The van der Waals surface area contributed by atoms with Crippen LogP contribution in [0.25, 0.3) is 5.53 Å². The summed E-state index contributed by atoms with van der Waals surface area (Å²) in [6.45, 7) is 4.43. The molecule has 0 fully saturated rings. The second kappa shape index (κ2) is 7.25. The van der Waals surface area contributed by atoms with Crippen molar-refractivity contribution in [3.63, 3.8) is 0 Å². The van der Waals surface area contributed by atoms with Gasteiger partial charge in [-0.25, -0.2) is 4.79 Å².